The minimum atomic E-state index is -3.70. The SMILES string of the molecule is Cc1cccc(C)c1OC(C)C(=O)Nc1ccc(S(=O)(=O)NCc2ccco2)cc1. The average molecular weight is 429 g/mol. The number of sulfonamides is 1. The van der Waals surface area contributed by atoms with E-state index in [1.54, 1.807) is 19.1 Å². The molecule has 7 nitrogen and oxygen atoms in total. The van der Waals surface area contributed by atoms with Crippen molar-refractivity contribution in [1.82, 2.24) is 4.72 Å². The Labute approximate surface area is 176 Å². The Morgan fingerprint density at radius 3 is 2.30 bits per heavy atom. The number of rotatable bonds is 8. The van der Waals surface area contributed by atoms with Crippen LogP contribution in [0.3, 0.4) is 0 Å². The topological polar surface area (TPSA) is 97.6 Å². The largest absolute Gasteiger partial charge is 0.480 e. The molecule has 0 saturated carbocycles. The molecule has 2 N–H and O–H groups in total. The van der Waals surface area contributed by atoms with E-state index in [0.717, 1.165) is 11.1 Å². The highest BCUT2D eigenvalue weighted by atomic mass is 32.2. The summed E-state index contributed by atoms with van der Waals surface area (Å²) in [5.74, 6) is 0.869. The number of hydrogen-bond acceptors (Lipinski definition) is 5. The number of carbonyl (C=O) groups excluding carboxylic acids is 1. The molecule has 1 unspecified atom stereocenters. The third kappa shape index (κ3) is 5.28. The summed E-state index contributed by atoms with van der Waals surface area (Å²) in [6.07, 6.45) is 0.759. The van der Waals surface area contributed by atoms with Crippen LogP contribution >= 0.6 is 0 Å². The molecule has 0 saturated heterocycles. The van der Waals surface area contributed by atoms with Gasteiger partial charge in [0.05, 0.1) is 17.7 Å². The summed E-state index contributed by atoms with van der Waals surface area (Å²) in [5, 5.41) is 2.74. The van der Waals surface area contributed by atoms with Crippen LogP contribution in [0.2, 0.25) is 0 Å². The Bertz CT molecular complexity index is 1090. The van der Waals surface area contributed by atoms with Gasteiger partial charge in [0.25, 0.3) is 5.91 Å². The van der Waals surface area contributed by atoms with Crippen molar-refractivity contribution in [2.24, 2.45) is 0 Å². The minimum absolute atomic E-state index is 0.0565. The van der Waals surface area contributed by atoms with E-state index < -0.39 is 16.1 Å². The van der Waals surface area contributed by atoms with Crippen LogP contribution in [-0.2, 0) is 21.4 Å². The van der Waals surface area contributed by atoms with Gasteiger partial charge in [0.2, 0.25) is 10.0 Å². The zero-order valence-corrected chi connectivity index (χ0v) is 17.8. The van der Waals surface area contributed by atoms with E-state index in [2.05, 4.69) is 10.0 Å². The molecule has 3 aromatic rings. The van der Waals surface area contributed by atoms with Crippen LogP contribution in [0.15, 0.2) is 70.2 Å². The van der Waals surface area contributed by atoms with Gasteiger partial charge in [-0.1, -0.05) is 18.2 Å². The van der Waals surface area contributed by atoms with Crippen molar-refractivity contribution >= 4 is 21.6 Å². The first-order chi connectivity index (χ1) is 14.3. The van der Waals surface area contributed by atoms with Gasteiger partial charge in [0, 0.05) is 5.69 Å². The molecule has 1 amide bonds. The number of benzene rings is 2. The molecule has 30 heavy (non-hydrogen) atoms. The van der Waals surface area contributed by atoms with Crippen molar-refractivity contribution in [2.75, 3.05) is 5.32 Å². The molecule has 8 heteroatoms. The van der Waals surface area contributed by atoms with Crippen LogP contribution in [0.4, 0.5) is 5.69 Å². The number of carbonyl (C=O) groups is 1. The predicted octanol–water partition coefficient (Wildman–Crippen LogP) is 3.78. The Kier molecular flexibility index (Phi) is 6.59. The third-order valence-electron chi connectivity index (χ3n) is 4.52. The normalized spacial score (nSPS) is 12.4. The summed E-state index contributed by atoms with van der Waals surface area (Å²) in [6.45, 7) is 5.57. The second-order valence-electron chi connectivity index (χ2n) is 6.90. The maximum Gasteiger partial charge on any atom is 0.265 e. The molecule has 0 spiro atoms. The fourth-order valence-corrected chi connectivity index (χ4v) is 3.83. The van der Waals surface area contributed by atoms with Gasteiger partial charge in [-0.25, -0.2) is 13.1 Å². The van der Waals surface area contributed by atoms with E-state index in [1.807, 2.05) is 32.0 Å². The molecule has 1 aromatic heterocycles. The molecule has 2 aromatic carbocycles. The smallest absolute Gasteiger partial charge is 0.265 e. The number of nitrogens with one attached hydrogen (secondary N) is 2. The van der Waals surface area contributed by atoms with Crippen molar-refractivity contribution in [2.45, 2.75) is 38.3 Å². The van der Waals surface area contributed by atoms with Gasteiger partial charge >= 0.3 is 0 Å². The summed E-state index contributed by atoms with van der Waals surface area (Å²) in [4.78, 5) is 12.6. The fourth-order valence-electron chi connectivity index (χ4n) is 2.84. The summed E-state index contributed by atoms with van der Waals surface area (Å²) in [7, 11) is -3.70. The first-order valence-corrected chi connectivity index (χ1v) is 10.9. The lowest BCUT2D eigenvalue weighted by Gasteiger charge is -2.18. The predicted molar refractivity (Wildman–Crippen MR) is 114 cm³/mol. The molecule has 3 rings (SSSR count). The van der Waals surface area contributed by atoms with E-state index in [4.69, 9.17) is 9.15 Å². The van der Waals surface area contributed by atoms with Crippen LogP contribution < -0.4 is 14.8 Å². The van der Waals surface area contributed by atoms with E-state index in [0.29, 0.717) is 17.2 Å². The van der Waals surface area contributed by atoms with E-state index in [-0.39, 0.29) is 17.3 Å². The van der Waals surface area contributed by atoms with Gasteiger partial charge in [0.1, 0.15) is 11.5 Å². The first-order valence-electron chi connectivity index (χ1n) is 9.42. The lowest BCUT2D eigenvalue weighted by Crippen LogP contribution is -2.30. The highest BCUT2D eigenvalue weighted by Gasteiger charge is 2.18. The van der Waals surface area contributed by atoms with Gasteiger partial charge in [-0.3, -0.25) is 4.79 Å². The second-order valence-corrected chi connectivity index (χ2v) is 8.67. The van der Waals surface area contributed by atoms with Crippen molar-refractivity contribution in [3.63, 3.8) is 0 Å². The molecule has 0 fully saturated rings. The van der Waals surface area contributed by atoms with Gasteiger partial charge < -0.3 is 14.5 Å². The number of ether oxygens (including phenoxy) is 1. The maximum absolute atomic E-state index is 12.5. The average Bonchev–Trinajstić information content (AvgIpc) is 3.23. The van der Waals surface area contributed by atoms with Crippen LogP contribution in [-0.4, -0.2) is 20.4 Å². The van der Waals surface area contributed by atoms with Crippen LogP contribution in [0.25, 0.3) is 0 Å². The highest BCUT2D eigenvalue weighted by Crippen LogP contribution is 2.24. The fraction of sp³-hybridized carbons (Fsp3) is 0.227. The molecule has 0 aliphatic rings. The molecular weight excluding hydrogens is 404 g/mol. The Balaban J connectivity index is 1.61. The van der Waals surface area contributed by atoms with Crippen LogP contribution in [0, 0.1) is 13.8 Å². The highest BCUT2D eigenvalue weighted by molar-refractivity contribution is 7.89. The molecule has 0 aliphatic heterocycles. The molecule has 0 bridgehead atoms. The van der Waals surface area contributed by atoms with E-state index in [1.165, 1.54) is 30.5 Å². The van der Waals surface area contributed by atoms with Crippen molar-refractivity contribution in [3.8, 4) is 5.75 Å². The monoisotopic (exact) mass is 428 g/mol. The summed E-state index contributed by atoms with van der Waals surface area (Å²) in [5.41, 5.74) is 2.37. The zero-order chi connectivity index (χ0) is 21.7. The molecule has 1 atom stereocenters. The lowest BCUT2D eigenvalue weighted by molar-refractivity contribution is -0.122. The van der Waals surface area contributed by atoms with Crippen LogP contribution in [0.1, 0.15) is 23.8 Å². The van der Waals surface area contributed by atoms with Crippen LogP contribution in [0.5, 0.6) is 5.75 Å². The van der Waals surface area contributed by atoms with Crippen molar-refractivity contribution in [3.05, 3.63) is 77.7 Å². The molecule has 158 valence electrons. The number of amides is 1. The first kappa shape index (κ1) is 21.6. The van der Waals surface area contributed by atoms with E-state index in [9.17, 15) is 13.2 Å². The number of hydrogen-bond donors (Lipinski definition) is 2. The molecule has 0 radical (unpaired) electrons. The number of aryl methyl sites for hydroxylation is 2. The molecule has 1 heterocycles. The quantitative estimate of drug-likeness (QED) is 0.569. The Hall–Kier alpha value is -3.10. The van der Waals surface area contributed by atoms with Gasteiger partial charge in [-0.2, -0.15) is 0 Å². The van der Waals surface area contributed by atoms with Gasteiger partial charge in [-0.05, 0) is 68.3 Å². The van der Waals surface area contributed by atoms with E-state index >= 15 is 0 Å². The number of anilines is 1. The second kappa shape index (κ2) is 9.15. The Morgan fingerprint density at radius 2 is 1.70 bits per heavy atom. The standard InChI is InChI=1S/C22H24N2O5S/c1-15-6-4-7-16(2)21(15)29-17(3)22(25)24-18-9-11-20(12-10-18)30(26,27)23-14-19-8-5-13-28-19/h4-13,17,23H,14H2,1-3H3,(H,24,25). The lowest BCUT2D eigenvalue weighted by atomic mass is 10.1. The zero-order valence-electron chi connectivity index (χ0n) is 17.0. The molecule has 0 aliphatic carbocycles. The van der Waals surface area contributed by atoms with Crippen molar-refractivity contribution < 1.29 is 22.4 Å². The number of furan rings is 1. The summed E-state index contributed by atoms with van der Waals surface area (Å²) >= 11 is 0. The third-order valence-corrected chi connectivity index (χ3v) is 5.94. The van der Waals surface area contributed by atoms with Crippen molar-refractivity contribution in [1.29, 1.82) is 0 Å². The number of para-hydroxylation sites is 1. The summed E-state index contributed by atoms with van der Waals surface area (Å²) in [6, 6.07) is 15.1. The summed E-state index contributed by atoms with van der Waals surface area (Å²) < 4.78 is 38.2. The minimum Gasteiger partial charge on any atom is -0.480 e. The Morgan fingerprint density at radius 1 is 1.03 bits per heavy atom. The van der Waals surface area contributed by atoms with Gasteiger partial charge in [-0.15, -0.1) is 0 Å². The molecular formula is C22H24N2O5S. The van der Waals surface area contributed by atoms with Gasteiger partial charge in [0.15, 0.2) is 6.10 Å². The maximum atomic E-state index is 12.5.